The number of fused-ring (bicyclic) bond motifs is 1. The molecule has 1 nitrogen and oxygen atoms in total. The predicted octanol–water partition coefficient (Wildman–Crippen LogP) is 1.41. The van der Waals surface area contributed by atoms with Gasteiger partial charge in [-0.2, -0.15) is 0 Å². The molecule has 0 aliphatic heterocycles. The van der Waals surface area contributed by atoms with Gasteiger partial charge < -0.3 is 5.73 Å². The van der Waals surface area contributed by atoms with Gasteiger partial charge in [-0.1, -0.05) is 0 Å². The number of halogens is 3. The molecule has 2 N–H and O–H groups in total. The predicted molar refractivity (Wildman–Crippen MR) is 36.4 cm³/mol. The van der Waals surface area contributed by atoms with Crippen LogP contribution in [0.3, 0.4) is 0 Å². The van der Waals surface area contributed by atoms with Crippen molar-refractivity contribution in [3.05, 3.63) is 0 Å². The van der Waals surface area contributed by atoms with Crippen LogP contribution in [0.1, 0.15) is 12.8 Å². The quantitative estimate of drug-likeness (QED) is 0.583. The summed E-state index contributed by atoms with van der Waals surface area (Å²) in [4.78, 5) is 0. The van der Waals surface area contributed by atoms with Gasteiger partial charge in [0.1, 0.15) is 0 Å². The molecule has 0 heterocycles. The first-order chi connectivity index (χ1) is 4.12. The van der Waals surface area contributed by atoms with Gasteiger partial charge in [0.25, 0.3) is 5.92 Å². The number of hydrogen-bond donors (Lipinski definition) is 1. The zero-order chi connectivity index (χ0) is 6.65. The maximum Gasteiger partial charge on any atom is 0.254 e. The molecule has 0 aromatic heterocycles. The maximum absolute atomic E-state index is 12.4. The summed E-state index contributed by atoms with van der Waals surface area (Å²) in [6.45, 7) is 0. The molecule has 1 unspecified atom stereocenters. The second-order valence-electron chi connectivity index (χ2n) is 3.12. The monoisotopic (exact) mass is 169 g/mol. The van der Waals surface area contributed by atoms with Crippen LogP contribution in [0.25, 0.3) is 0 Å². The highest BCUT2D eigenvalue weighted by atomic mass is 35.5. The van der Waals surface area contributed by atoms with E-state index in [1.807, 2.05) is 0 Å². The van der Waals surface area contributed by atoms with Gasteiger partial charge >= 0.3 is 0 Å². The molecule has 0 aromatic rings. The molecule has 0 saturated heterocycles. The first-order valence-electron chi connectivity index (χ1n) is 3.25. The summed E-state index contributed by atoms with van der Waals surface area (Å²) in [6, 6.07) is 0.0552. The van der Waals surface area contributed by atoms with Crippen molar-refractivity contribution >= 4 is 12.4 Å². The van der Waals surface area contributed by atoms with Crippen LogP contribution >= 0.6 is 12.4 Å². The van der Waals surface area contributed by atoms with Gasteiger partial charge in [0.15, 0.2) is 0 Å². The Balaban J connectivity index is 0.000000500. The minimum Gasteiger partial charge on any atom is -0.328 e. The number of hydrogen-bond acceptors (Lipinski definition) is 1. The van der Waals surface area contributed by atoms with Gasteiger partial charge in [-0.15, -0.1) is 12.4 Å². The molecule has 2 saturated carbocycles. The van der Waals surface area contributed by atoms with Crippen LogP contribution in [0, 0.1) is 11.8 Å². The molecule has 10 heavy (non-hydrogen) atoms. The Morgan fingerprint density at radius 1 is 1.20 bits per heavy atom. The van der Waals surface area contributed by atoms with Gasteiger partial charge in [0, 0.05) is 17.9 Å². The molecule has 4 heteroatoms. The van der Waals surface area contributed by atoms with Crippen molar-refractivity contribution in [3.63, 3.8) is 0 Å². The largest absolute Gasteiger partial charge is 0.328 e. The molecule has 60 valence electrons. The van der Waals surface area contributed by atoms with Crippen LogP contribution in [-0.4, -0.2) is 12.0 Å². The van der Waals surface area contributed by atoms with Crippen molar-refractivity contribution in [2.75, 3.05) is 0 Å². The summed E-state index contributed by atoms with van der Waals surface area (Å²) in [5, 5.41) is 0. The number of nitrogens with two attached hydrogens (primary N) is 1. The zero-order valence-corrected chi connectivity index (χ0v) is 6.20. The molecule has 2 fully saturated rings. The summed E-state index contributed by atoms with van der Waals surface area (Å²) in [7, 11) is 0. The Bertz CT molecular complexity index is 137. The molecule has 0 radical (unpaired) electrons. The van der Waals surface area contributed by atoms with Crippen molar-refractivity contribution < 1.29 is 8.78 Å². The van der Waals surface area contributed by atoms with Crippen molar-refractivity contribution in [1.82, 2.24) is 0 Å². The van der Waals surface area contributed by atoms with Crippen molar-refractivity contribution in [2.45, 2.75) is 24.8 Å². The topological polar surface area (TPSA) is 26.0 Å². The zero-order valence-electron chi connectivity index (χ0n) is 5.39. The van der Waals surface area contributed by atoms with Gasteiger partial charge in [-0.3, -0.25) is 0 Å². The summed E-state index contributed by atoms with van der Waals surface area (Å²) in [5.41, 5.74) is 5.44. The van der Waals surface area contributed by atoms with Gasteiger partial charge in [-0.05, 0) is 12.8 Å². The summed E-state index contributed by atoms with van der Waals surface area (Å²) < 4.78 is 24.7. The summed E-state index contributed by atoms with van der Waals surface area (Å²) in [6.07, 6.45) is 1.08. The second kappa shape index (κ2) is 2.05. The Kier molecular flexibility index (Phi) is 1.68. The van der Waals surface area contributed by atoms with Crippen LogP contribution in [0.15, 0.2) is 0 Å². The lowest BCUT2D eigenvalue weighted by Gasteiger charge is -2.06. The van der Waals surface area contributed by atoms with E-state index >= 15 is 0 Å². The van der Waals surface area contributed by atoms with Gasteiger partial charge in [0.05, 0.1) is 0 Å². The van der Waals surface area contributed by atoms with Crippen LogP contribution in [0.5, 0.6) is 0 Å². The molecule has 2 rings (SSSR count). The van der Waals surface area contributed by atoms with Crippen LogP contribution in [0.2, 0.25) is 0 Å². The van der Waals surface area contributed by atoms with E-state index < -0.39 is 5.92 Å². The fourth-order valence-corrected chi connectivity index (χ4v) is 1.85. The third-order valence-corrected chi connectivity index (χ3v) is 2.48. The highest BCUT2D eigenvalue weighted by Crippen LogP contribution is 2.63. The Morgan fingerprint density at radius 3 is 1.90 bits per heavy atom. The molecular formula is C6H10ClF2N. The Hall–Kier alpha value is 0.110. The van der Waals surface area contributed by atoms with Crippen molar-refractivity contribution in [1.29, 1.82) is 0 Å². The van der Waals surface area contributed by atoms with Crippen LogP contribution in [-0.2, 0) is 0 Å². The van der Waals surface area contributed by atoms with Gasteiger partial charge in [-0.25, -0.2) is 8.78 Å². The third-order valence-electron chi connectivity index (χ3n) is 2.48. The van der Waals surface area contributed by atoms with E-state index in [4.69, 9.17) is 5.73 Å². The smallest absolute Gasteiger partial charge is 0.254 e. The lowest BCUT2D eigenvalue weighted by molar-refractivity contribution is 0.0699. The fraction of sp³-hybridized carbons (Fsp3) is 1.00. The van der Waals surface area contributed by atoms with E-state index in [1.54, 1.807) is 0 Å². The van der Waals surface area contributed by atoms with Crippen LogP contribution < -0.4 is 5.73 Å². The standard InChI is InChI=1S/C6H9F2N.ClH/c7-6(8)4-1-3(9)2-5(4)6;/h3-5H,1-2,9H2;1H/t3?,4-,5+;. The molecule has 0 bridgehead atoms. The molecule has 0 spiro atoms. The van der Waals surface area contributed by atoms with E-state index in [-0.39, 0.29) is 30.3 Å². The lowest BCUT2D eigenvalue weighted by atomic mass is 10.2. The van der Waals surface area contributed by atoms with E-state index in [0.29, 0.717) is 12.8 Å². The molecule has 2 aliphatic carbocycles. The molecule has 0 amide bonds. The normalized spacial score (nSPS) is 47.7. The first kappa shape index (κ1) is 8.21. The van der Waals surface area contributed by atoms with E-state index in [0.717, 1.165) is 0 Å². The van der Waals surface area contributed by atoms with E-state index in [2.05, 4.69) is 0 Å². The SMILES string of the molecule is Cl.NC1C[C@@H]2[C@H](C1)C2(F)F. The van der Waals surface area contributed by atoms with Crippen molar-refractivity contribution in [3.8, 4) is 0 Å². The summed E-state index contributed by atoms with van der Waals surface area (Å²) in [5.74, 6) is -3.05. The molecule has 2 aliphatic rings. The molecular weight excluding hydrogens is 160 g/mol. The molecule has 3 atom stereocenters. The van der Waals surface area contributed by atoms with Crippen LogP contribution in [0.4, 0.5) is 8.78 Å². The average Bonchev–Trinajstić information content (AvgIpc) is 2.27. The third kappa shape index (κ3) is 0.839. The van der Waals surface area contributed by atoms with Gasteiger partial charge in [0.2, 0.25) is 0 Å². The van der Waals surface area contributed by atoms with E-state index in [1.165, 1.54) is 0 Å². The average molecular weight is 170 g/mol. The minimum atomic E-state index is -2.34. The Morgan fingerprint density at radius 2 is 1.60 bits per heavy atom. The maximum atomic E-state index is 12.4. The number of rotatable bonds is 0. The highest BCUT2D eigenvalue weighted by Gasteiger charge is 2.70. The van der Waals surface area contributed by atoms with E-state index in [9.17, 15) is 8.78 Å². The summed E-state index contributed by atoms with van der Waals surface area (Å²) >= 11 is 0. The molecule has 0 aromatic carbocycles. The Labute approximate surface area is 64.4 Å². The second-order valence-corrected chi connectivity index (χ2v) is 3.12. The minimum absolute atomic E-state index is 0. The first-order valence-corrected chi connectivity index (χ1v) is 3.25. The lowest BCUT2D eigenvalue weighted by Crippen LogP contribution is -2.21. The fourth-order valence-electron chi connectivity index (χ4n) is 1.85. The van der Waals surface area contributed by atoms with Crippen molar-refractivity contribution in [2.24, 2.45) is 17.6 Å². The number of alkyl halides is 2. The highest BCUT2D eigenvalue weighted by molar-refractivity contribution is 5.85.